The predicted molar refractivity (Wildman–Crippen MR) is 65.5 cm³/mol. The van der Waals surface area contributed by atoms with Gasteiger partial charge in [0.15, 0.2) is 0 Å². The smallest absolute Gasteiger partial charge is 0.253 e. The zero-order valence-corrected chi connectivity index (χ0v) is 10.3. The molecule has 1 aromatic rings. The van der Waals surface area contributed by atoms with Crippen LogP contribution in [0.15, 0.2) is 18.5 Å². The first-order chi connectivity index (χ1) is 8.17. The van der Waals surface area contributed by atoms with E-state index in [0.717, 1.165) is 12.3 Å². The number of carbonyl (C=O) groups excluding carboxylic acids is 1. The third-order valence-corrected chi connectivity index (χ3v) is 2.88. The highest BCUT2D eigenvalue weighted by molar-refractivity contribution is 7.98. The van der Waals surface area contributed by atoms with Crippen molar-refractivity contribution < 1.29 is 14.3 Å². The first-order valence-electron chi connectivity index (χ1n) is 5.18. The largest absolute Gasteiger partial charge is 0.396 e. The Balaban J connectivity index is 2.63. The van der Waals surface area contributed by atoms with E-state index in [2.05, 4.69) is 10.3 Å². The van der Waals surface area contributed by atoms with E-state index in [1.807, 2.05) is 6.26 Å². The van der Waals surface area contributed by atoms with Gasteiger partial charge in [-0.25, -0.2) is 4.39 Å². The number of carbonyl (C=O) groups is 1. The van der Waals surface area contributed by atoms with Gasteiger partial charge >= 0.3 is 0 Å². The zero-order chi connectivity index (χ0) is 12.7. The Labute approximate surface area is 104 Å². The molecule has 0 bridgehead atoms. The number of aliphatic hydroxyl groups is 1. The van der Waals surface area contributed by atoms with E-state index >= 15 is 0 Å². The maximum atomic E-state index is 12.9. The Morgan fingerprint density at radius 3 is 3.00 bits per heavy atom. The van der Waals surface area contributed by atoms with Gasteiger partial charge in [-0.15, -0.1) is 0 Å². The molecule has 0 aliphatic carbocycles. The van der Waals surface area contributed by atoms with Crippen LogP contribution < -0.4 is 5.32 Å². The summed E-state index contributed by atoms with van der Waals surface area (Å²) in [5.41, 5.74) is 0.189. The molecule has 1 heterocycles. The van der Waals surface area contributed by atoms with Gasteiger partial charge < -0.3 is 10.4 Å². The van der Waals surface area contributed by atoms with E-state index in [-0.39, 0.29) is 24.1 Å². The molecule has 94 valence electrons. The molecule has 2 N–H and O–H groups in total. The lowest BCUT2D eigenvalue weighted by atomic mass is 10.2. The van der Waals surface area contributed by atoms with Crippen LogP contribution in [0, 0.1) is 5.82 Å². The molecule has 1 rings (SSSR count). The van der Waals surface area contributed by atoms with E-state index in [1.54, 1.807) is 11.8 Å². The summed E-state index contributed by atoms with van der Waals surface area (Å²) in [6.07, 6.45) is 4.76. The molecule has 0 saturated carbocycles. The van der Waals surface area contributed by atoms with E-state index < -0.39 is 5.82 Å². The molecule has 0 aliphatic heterocycles. The highest BCUT2D eigenvalue weighted by Crippen LogP contribution is 2.05. The second-order valence-corrected chi connectivity index (χ2v) is 4.44. The fourth-order valence-electron chi connectivity index (χ4n) is 1.36. The van der Waals surface area contributed by atoms with Crippen molar-refractivity contribution in [3.05, 3.63) is 29.8 Å². The molecule has 1 amide bonds. The van der Waals surface area contributed by atoms with Gasteiger partial charge in [-0.2, -0.15) is 11.8 Å². The SMILES string of the molecule is CSC[C@H](CCO)NC(=O)c1cncc(F)c1. The van der Waals surface area contributed by atoms with Gasteiger partial charge in [0.05, 0.1) is 11.8 Å². The first-order valence-corrected chi connectivity index (χ1v) is 6.58. The number of thioether (sulfide) groups is 1. The van der Waals surface area contributed by atoms with Crippen LogP contribution in [0.5, 0.6) is 0 Å². The quantitative estimate of drug-likeness (QED) is 0.801. The van der Waals surface area contributed by atoms with Crippen molar-refractivity contribution in [2.45, 2.75) is 12.5 Å². The maximum absolute atomic E-state index is 12.9. The molecular formula is C11H15FN2O2S. The molecular weight excluding hydrogens is 243 g/mol. The third-order valence-electron chi connectivity index (χ3n) is 2.15. The maximum Gasteiger partial charge on any atom is 0.253 e. The Morgan fingerprint density at radius 2 is 2.41 bits per heavy atom. The average molecular weight is 258 g/mol. The summed E-state index contributed by atoms with van der Waals surface area (Å²) in [7, 11) is 0. The van der Waals surface area contributed by atoms with Gasteiger partial charge in [0.1, 0.15) is 5.82 Å². The molecule has 1 aromatic heterocycles. The molecule has 0 saturated heterocycles. The van der Waals surface area contributed by atoms with E-state index in [1.165, 1.54) is 6.20 Å². The van der Waals surface area contributed by atoms with Gasteiger partial charge in [-0.3, -0.25) is 9.78 Å². The lowest BCUT2D eigenvalue weighted by Crippen LogP contribution is -2.37. The fourth-order valence-corrected chi connectivity index (χ4v) is 2.01. The lowest BCUT2D eigenvalue weighted by molar-refractivity contribution is 0.0934. The Morgan fingerprint density at radius 1 is 1.65 bits per heavy atom. The Bertz CT molecular complexity index is 370. The number of amides is 1. The van der Waals surface area contributed by atoms with Crippen LogP contribution in [-0.2, 0) is 0 Å². The number of pyridine rings is 1. The summed E-state index contributed by atoms with van der Waals surface area (Å²) < 4.78 is 12.9. The van der Waals surface area contributed by atoms with Crippen molar-refractivity contribution in [1.29, 1.82) is 0 Å². The van der Waals surface area contributed by atoms with E-state index in [0.29, 0.717) is 12.2 Å². The Hall–Kier alpha value is -1.14. The van der Waals surface area contributed by atoms with Crippen molar-refractivity contribution in [2.24, 2.45) is 0 Å². The number of rotatable bonds is 6. The summed E-state index contributed by atoms with van der Waals surface area (Å²) in [4.78, 5) is 15.4. The molecule has 0 aromatic carbocycles. The topological polar surface area (TPSA) is 62.2 Å². The summed E-state index contributed by atoms with van der Waals surface area (Å²) in [6, 6.07) is 1.02. The zero-order valence-electron chi connectivity index (χ0n) is 9.52. The van der Waals surface area contributed by atoms with Gasteiger partial charge in [-0.05, 0) is 18.7 Å². The number of hydrogen-bond acceptors (Lipinski definition) is 4. The lowest BCUT2D eigenvalue weighted by Gasteiger charge is -2.16. The normalized spacial score (nSPS) is 12.2. The van der Waals surface area contributed by atoms with E-state index in [4.69, 9.17) is 5.11 Å². The summed E-state index contributed by atoms with van der Waals surface area (Å²) in [6.45, 7) is 0.00685. The number of nitrogens with one attached hydrogen (secondary N) is 1. The minimum atomic E-state index is -0.541. The second-order valence-electron chi connectivity index (χ2n) is 3.53. The molecule has 17 heavy (non-hydrogen) atoms. The number of aromatic nitrogens is 1. The molecule has 0 radical (unpaired) electrons. The Kier molecular flexibility index (Phi) is 5.93. The molecule has 1 atom stereocenters. The number of aliphatic hydroxyl groups excluding tert-OH is 1. The van der Waals surface area contributed by atoms with Crippen LogP contribution in [0.1, 0.15) is 16.8 Å². The third kappa shape index (κ3) is 4.70. The highest BCUT2D eigenvalue weighted by atomic mass is 32.2. The summed E-state index contributed by atoms with van der Waals surface area (Å²) >= 11 is 1.57. The van der Waals surface area contributed by atoms with Crippen LogP contribution in [0.3, 0.4) is 0 Å². The molecule has 4 nitrogen and oxygen atoms in total. The summed E-state index contributed by atoms with van der Waals surface area (Å²) in [5, 5.41) is 11.6. The van der Waals surface area contributed by atoms with Crippen molar-refractivity contribution >= 4 is 17.7 Å². The summed E-state index contributed by atoms with van der Waals surface area (Å²) in [5.74, 6) is -0.208. The first kappa shape index (κ1) is 13.9. The van der Waals surface area contributed by atoms with Gasteiger partial charge in [0, 0.05) is 24.6 Å². The number of halogens is 1. The van der Waals surface area contributed by atoms with Crippen LogP contribution in [0.2, 0.25) is 0 Å². The van der Waals surface area contributed by atoms with Crippen molar-refractivity contribution in [3.63, 3.8) is 0 Å². The monoisotopic (exact) mass is 258 g/mol. The molecule has 0 fully saturated rings. The number of hydrogen-bond donors (Lipinski definition) is 2. The van der Waals surface area contributed by atoms with Crippen molar-refractivity contribution in [2.75, 3.05) is 18.6 Å². The molecule has 0 unspecified atom stereocenters. The minimum Gasteiger partial charge on any atom is -0.396 e. The minimum absolute atomic E-state index is 0.00685. The number of nitrogens with zero attached hydrogens (tertiary/aromatic N) is 1. The van der Waals surface area contributed by atoms with Gasteiger partial charge in [0.25, 0.3) is 5.91 Å². The standard InChI is InChI=1S/C11H15FN2O2S/c1-17-7-10(2-3-15)14-11(16)8-4-9(12)6-13-5-8/h4-6,10,15H,2-3,7H2,1H3,(H,14,16)/t10-/m0/s1. The molecule has 6 heteroatoms. The highest BCUT2D eigenvalue weighted by Gasteiger charge is 2.13. The average Bonchev–Trinajstić information content (AvgIpc) is 2.29. The van der Waals surface area contributed by atoms with E-state index in [9.17, 15) is 9.18 Å². The van der Waals surface area contributed by atoms with Crippen LogP contribution in [0.4, 0.5) is 4.39 Å². The van der Waals surface area contributed by atoms with Crippen molar-refractivity contribution in [1.82, 2.24) is 10.3 Å². The fraction of sp³-hybridized carbons (Fsp3) is 0.455. The van der Waals surface area contributed by atoms with Gasteiger partial charge in [0.2, 0.25) is 0 Å². The molecule has 0 aliphatic rings. The van der Waals surface area contributed by atoms with Gasteiger partial charge in [-0.1, -0.05) is 0 Å². The van der Waals surface area contributed by atoms with Crippen LogP contribution in [0.25, 0.3) is 0 Å². The van der Waals surface area contributed by atoms with Crippen LogP contribution in [-0.4, -0.2) is 40.7 Å². The van der Waals surface area contributed by atoms with Crippen LogP contribution >= 0.6 is 11.8 Å². The second kappa shape index (κ2) is 7.24. The predicted octanol–water partition coefficient (Wildman–Crippen LogP) is 1.06. The van der Waals surface area contributed by atoms with Crippen molar-refractivity contribution in [3.8, 4) is 0 Å². The molecule has 0 spiro atoms.